The molecule has 3 rings (SSSR count). The molecule has 3 amide bonds. The first-order chi connectivity index (χ1) is 14.1. The summed E-state index contributed by atoms with van der Waals surface area (Å²) >= 11 is 1.31. The molecule has 0 saturated carbocycles. The van der Waals surface area contributed by atoms with Crippen molar-refractivity contribution in [3.05, 3.63) is 41.7 Å². The lowest BCUT2D eigenvalue weighted by atomic mass is 10.1. The quantitative estimate of drug-likeness (QED) is 0.673. The van der Waals surface area contributed by atoms with E-state index in [9.17, 15) is 9.59 Å². The summed E-state index contributed by atoms with van der Waals surface area (Å²) in [6.07, 6.45) is 3.71. The molecule has 1 atom stereocenters. The van der Waals surface area contributed by atoms with Gasteiger partial charge in [-0.15, -0.1) is 10.2 Å². The SMILES string of the molecule is CNC(=O)NC(=O)[C@H](C)Sc1nnc(CN2CCCCC2)n1Cc1ccccc1. The van der Waals surface area contributed by atoms with Crippen LogP contribution in [0.25, 0.3) is 0 Å². The zero-order chi connectivity index (χ0) is 20.6. The van der Waals surface area contributed by atoms with Crippen LogP contribution in [0.1, 0.15) is 37.6 Å². The van der Waals surface area contributed by atoms with Gasteiger partial charge in [-0.05, 0) is 38.4 Å². The third kappa shape index (κ3) is 6.04. The number of carbonyl (C=O) groups is 2. The first kappa shape index (κ1) is 21.3. The van der Waals surface area contributed by atoms with Gasteiger partial charge in [0.1, 0.15) is 5.82 Å². The fourth-order valence-corrected chi connectivity index (χ4v) is 4.12. The van der Waals surface area contributed by atoms with E-state index in [-0.39, 0.29) is 5.91 Å². The van der Waals surface area contributed by atoms with Crippen LogP contribution in [0.3, 0.4) is 0 Å². The molecule has 0 unspecified atom stereocenters. The van der Waals surface area contributed by atoms with Crippen LogP contribution in [-0.4, -0.2) is 57.0 Å². The fraction of sp³-hybridized carbons (Fsp3) is 0.500. The van der Waals surface area contributed by atoms with Crippen molar-refractivity contribution in [3.8, 4) is 0 Å². The first-order valence-electron chi connectivity index (χ1n) is 9.94. The molecule has 9 heteroatoms. The number of imide groups is 1. The standard InChI is InChI=1S/C20H28N6O2S/c1-15(18(27)22-19(28)21-2)29-20-24-23-17(14-25-11-7-4-8-12-25)26(20)13-16-9-5-3-6-10-16/h3,5-6,9-10,15H,4,7-8,11-14H2,1-2H3,(H2,21,22,27,28)/t15-/m0/s1. The number of amides is 3. The molecule has 156 valence electrons. The topological polar surface area (TPSA) is 92.2 Å². The molecule has 8 nitrogen and oxygen atoms in total. The number of rotatable bonds is 7. The van der Waals surface area contributed by atoms with Crippen molar-refractivity contribution in [3.63, 3.8) is 0 Å². The number of aromatic nitrogens is 3. The van der Waals surface area contributed by atoms with E-state index >= 15 is 0 Å². The summed E-state index contributed by atoms with van der Waals surface area (Å²) in [5.74, 6) is 0.540. The van der Waals surface area contributed by atoms with Crippen LogP contribution in [-0.2, 0) is 17.9 Å². The third-order valence-electron chi connectivity index (χ3n) is 4.91. The molecule has 0 aliphatic carbocycles. The Morgan fingerprint density at radius 2 is 1.83 bits per heavy atom. The van der Waals surface area contributed by atoms with Crippen molar-refractivity contribution in [1.29, 1.82) is 0 Å². The van der Waals surface area contributed by atoms with E-state index in [4.69, 9.17) is 0 Å². The Morgan fingerprint density at radius 1 is 1.10 bits per heavy atom. The predicted octanol–water partition coefficient (Wildman–Crippen LogP) is 2.25. The minimum atomic E-state index is -0.515. The van der Waals surface area contributed by atoms with E-state index in [1.165, 1.54) is 38.1 Å². The van der Waals surface area contributed by atoms with Crippen molar-refractivity contribution in [1.82, 2.24) is 30.3 Å². The average molecular weight is 417 g/mol. The highest BCUT2D eigenvalue weighted by Crippen LogP contribution is 2.24. The normalized spacial score (nSPS) is 15.7. The molecule has 1 saturated heterocycles. The molecule has 2 N–H and O–H groups in total. The van der Waals surface area contributed by atoms with Crippen molar-refractivity contribution in [2.45, 2.75) is 49.7 Å². The second-order valence-corrected chi connectivity index (χ2v) is 8.44. The lowest BCUT2D eigenvalue weighted by Gasteiger charge is -2.26. The van der Waals surface area contributed by atoms with E-state index in [1.807, 2.05) is 18.2 Å². The summed E-state index contributed by atoms with van der Waals surface area (Å²) in [5, 5.41) is 13.7. The van der Waals surface area contributed by atoms with Gasteiger partial charge >= 0.3 is 6.03 Å². The highest BCUT2D eigenvalue weighted by Gasteiger charge is 2.23. The van der Waals surface area contributed by atoms with E-state index in [1.54, 1.807) is 6.92 Å². The molecule has 1 aromatic heterocycles. The monoisotopic (exact) mass is 416 g/mol. The Labute approximate surface area is 175 Å². The number of hydrogen-bond acceptors (Lipinski definition) is 6. The third-order valence-corrected chi connectivity index (χ3v) is 5.99. The van der Waals surface area contributed by atoms with Gasteiger partial charge in [-0.2, -0.15) is 0 Å². The largest absolute Gasteiger partial charge is 0.341 e. The summed E-state index contributed by atoms with van der Waals surface area (Å²) in [5.41, 5.74) is 1.15. The lowest BCUT2D eigenvalue weighted by Crippen LogP contribution is -2.41. The van der Waals surface area contributed by atoms with Crippen LogP contribution in [0.15, 0.2) is 35.5 Å². The molecule has 2 aromatic rings. The number of benzene rings is 1. The second kappa shape index (κ2) is 10.4. The molecule has 2 heterocycles. The number of urea groups is 1. The van der Waals surface area contributed by atoms with Crippen LogP contribution in [0.5, 0.6) is 0 Å². The van der Waals surface area contributed by atoms with Gasteiger partial charge in [-0.3, -0.25) is 15.0 Å². The van der Waals surface area contributed by atoms with Crippen LogP contribution >= 0.6 is 11.8 Å². The maximum absolute atomic E-state index is 12.3. The summed E-state index contributed by atoms with van der Waals surface area (Å²) < 4.78 is 2.08. The van der Waals surface area contributed by atoms with E-state index < -0.39 is 11.3 Å². The zero-order valence-electron chi connectivity index (χ0n) is 16.9. The van der Waals surface area contributed by atoms with Gasteiger partial charge < -0.3 is 9.88 Å². The van der Waals surface area contributed by atoms with Gasteiger partial charge in [-0.25, -0.2) is 4.79 Å². The summed E-state index contributed by atoms with van der Waals surface area (Å²) in [4.78, 5) is 26.1. The van der Waals surface area contributed by atoms with Gasteiger partial charge in [0.2, 0.25) is 5.91 Å². The average Bonchev–Trinajstić information content (AvgIpc) is 3.10. The number of piperidine rings is 1. The Bertz CT molecular complexity index is 820. The van der Waals surface area contributed by atoms with Crippen molar-refractivity contribution in [2.24, 2.45) is 0 Å². The van der Waals surface area contributed by atoms with Crippen LogP contribution in [0.4, 0.5) is 4.79 Å². The van der Waals surface area contributed by atoms with Gasteiger partial charge in [0.05, 0.1) is 18.3 Å². The minimum absolute atomic E-state index is 0.360. The van der Waals surface area contributed by atoms with Crippen LogP contribution in [0, 0.1) is 0 Å². The molecular weight excluding hydrogens is 388 g/mol. The molecular formula is C20H28N6O2S. The zero-order valence-corrected chi connectivity index (χ0v) is 17.7. The number of likely N-dealkylation sites (tertiary alicyclic amines) is 1. The summed E-state index contributed by atoms with van der Waals surface area (Å²) in [6.45, 7) is 5.30. The van der Waals surface area contributed by atoms with Gasteiger partial charge in [0.15, 0.2) is 5.16 Å². The van der Waals surface area contributed by atoms with Gasteiger partial charge in [0.25, 0.3) is 0 Å². The highest BCUT2D eigenvalue weighted by atomic mass is 32.2. The van der Waals surface area contributed by atoms with Gasteiger partial charge in [0, 0.05) is 7.05 Å². The van der Waals surface area contributed by atoms with E-state index in [0.717, 1.165) is 31.0 Å². The Kier molecular flexibility index (Phi) is 7.65. The number of nitrogens with one attached hydrogen (secondary N) is 2. The van der Waals surface area contributed by atoms with Crippen molar-refractivity contribution < 1.29 is 9.59 Å². The number of hydrogen-bond donors (Lipinski definition) is 2. The summed E-state index contributed by atoms with van der Waals surface area (Å²) in [6, 6.07) is 9.64. The molecule has 0 spiro atoms. The van der Waals surface area contributed by atoms with E-state index in [0.29, 0.717) is 11.7 Å². The number of nitrogens with zero attached hydrogens (tertiary/aromatic N) is 4. The molecule has 0 radical (unpaired) electrons. The molecule has 1 aliphatic heterocycles. The Morgan fingerprint density at radius 3 is 2.52 bits per heavy atom. The molecule has 29 heavy (non-hydrogen) atoms. The maximum atomic E-state index is 12.3. The maximum Gasteiger partial charge on any atom is 0.321 e. The van der Waals surface area contributed by atoms with Crippen LogP contribution < -0.4 is 10.6 Å². The summed E-state index contributed by atoms with van der Waals surface area (Å²) in [7, 11) is 1.48. The fourth-order valence-electron chi connectivity index (χ4n) is 3.25. The molecule has 1 aromatic carbocycles. The smallest absolute Gasteiger partial charge is 0.321 e. The Hall–Kier alpha value is -2.39. The number of carbonyl (C=O) groups excluding carboxylic acids is 2. The second-order valence-electron chi connectivity index (χ2n) is 7.14. The van der Waals surface area contributed by atoms with Gasteiger partial charge in [-0.1, -0.05) is 48.5 Å². The highest BCUT2D eigenvalue weighted by molar-refractivity contribution is 8.00. The van der Waals surface area contributed by atoms with Crippen LogP contribution in [0.2, 0.25) is 0 Å². The molecule has 1 fully saturated rings. The lowest BCUT2D eigenvalue weighted by molar-refractivity contribution is -0.119. The molecule has 1 aliphatic rings. The number of thioether (sulfide) groups is 1. The van der Waals surface area contributed by atoms with E-state index in [2.05, 4.69) is 42.4 Å². The van der Waals surface area contributed by atoms with Crippen molar-refractivity contribution in [2.75, 3.05) is 20.1 Å². The predicted molar refractivity (Wildman–Crippen MR) is 113 cm³/mol. The molecule has 0 bridgehead atoms. The Balaban J connectivity index is 1.77. The first-order valence-corrected chi connectivity index (χ1v) is 10.8. The minimum Gasteiger partial charge on any atom is -0.341 e. The van der Waals surface area contributed by atoms with Crippen molar-refractivity contribution >= 4 is 23.7 Å².